The predicted octanol–water partition coefficient (Wildman–Crippen LogP) is 1.68. The van der Waals surface area contributed by atoms with E-state index in [0.29, 0.717) is 11.4 Å². The molecule has 0 bridgehead atoms. The Labute approximate surface area is 140 Å². The van der Waals surface area contributed by atoms with Crippen molar-refractivity contribution >= 4 is 33.3 Å². The number of rotatable bonds is 4. The molecule has 0 spiro atoms. The standard InChI is InChI=1S/C15H18ClNO5S/c1-10-8-17(7-6-13(10)15(19)20)14(18)9-23(21,22)12-4-2-11(16)3-5-12/h2-5,10,13H,6-9H2,1H3,(H,19,20). The van der Waals surface area contributed by atoms with Crippen molar-refractivity contribution in [3.63, 3.8) is 0 Å². The summed E-state index contributed by atoms with van der Waals surface area (Å²) in [5.41, 5.74) is 0. The maximum Gasteiger partial charge on any atom is 0.306 e. The Morgan fingerprint density at radius 3 is 2.43 bits per heavy atom. The van der Waals surface area contributed by atoms with Crippen LogP contribution in [0.3, 0.4) is 0 Å². The third-order valence-corrected chi connectivity index (χ3v) is 5.93. The van der Waals surface area contributed by atoms with Gasteiger partial charge in [-0.3, -0.25) is 9.59 Å². The van der Waals surface area contributed by atoms with Gasteiger partial charge in [-0.25, -0.2) is 8.42 Å². The molecule has 0 aromatic heterocycles. The van der Waals surface area contributed by atoms with E-state index < -0.39 is 33.4 Å². The molecular weight excluding hydrogens is 342 g/mol. The molecule has 1 aliphatic heterocycles. The summed E-state index contributed by atoms with van der Waals surface area (Å²) in [5, 5.41) is 9.50. The molecule has 1 aromatic carbocycles. The summed E-state index contributed by atoms with van der Waals surface area (Å²) in [4.78, 5) is 24.8. The van der Waals surface area contributed by atoms with E-state index in [1.807, 2.05) is 0 Å². The Kier molecular flexibility index (Phi) is 5.31. The molecule has 8 heteroatoms. The number of halogens is 1. The van der Waals surface area contributed by atoms with Crippen LogP contribution in [0.15, 0.2) is 29.2 Å². The lowest BCUT2D eigenvalue weighted by atomic mass is 9.87. The molecule has 2 unspecified atom stereocenters. The van der Waals surface area contributed by atoms with Crippen LogP contribution >= 0.6 is 11.6 Å². The Balaban J connectivity index is 2.04. The highest BCUT2D eigenvalue weighted by Gasteiger charge is 2.34. The second-order valence-corrected chi connectivity index (χ2v) is 8.19. The maximum absolute atomic E-state index is 12.3. The van der Waals surface area contributed by atoms with Gasteiger partial charge in [0.1, 0.15) is 5.75 Å². The van der Waals surface area contributed by atoms with Gasteiger partial charge in [-0.2, -0.15) is 0 Å². The minimum absolute atomic E-state index is 0.0451. The molecule has 6 nitrogen and oxygen atoms in total. The molecule has 0 radical (unpaired) electrons. The fraction of sp³-hybridized carbons (Fsp3) is 0.467. The zero-order chi connectivity index (χ0) is 17.2. The number of nitrogens with zero attached hydrogens (tertiary/aromatic N) is 1. The summed E-state index contributed by atoms with van der Waals surface area (Å²) < 4.78 is 24.5. The minimum Gasteiger partial charge on any atom is -0.481 e. The highest BCUT2D eigenvalue weighted by molar-refractivity contribution is 7.92. The molecule has 23 heavy (non-hydrogen) atoms. The summed E-state index contributed by atoms with van der Waals surface area (Å²) in [6.07, 6.45) is 0.337. The van der Waals surface area contributed by atoms with E-state index in [0.717, 1.165) is 0 Å². The fourth-order valence-corrected chi connectivity index (χ4v) is 4.07. The molecular formula is C15H18ClNO5S. The van der Waals surface area contributed by atoms with Crippen LogP contribution in [-0.2, 0) is 19.4 Å². The number of amides is 1. The van der Waals surface area contributed by atoms with Gasteiger partial charge in [0.15, 0.2) is 9.84 Å². The number of piperidine rings is 1. The van der Waals surface area contributed by atoms with E-state index in [1.165, 1.54) is 29.2 Å². The molecule has 1 fully saturated rings. The van der Waals surface area contributed by atoms with E-state index in [2.05, 4.69) is 0 Å². The van der Waals surface area contributed by atoms with Crippen LogP contribution in [0.2, 0.25) is 5.02 Å². The lowest BCUT2D eigenvalue weighted by Gasteiger charge is -2.34. The highest BCUT2D eigenvalue weighted by atomic mass is 35.5. The molecule has 1 saturated heterocycles. The Morgan fingerprint density at radius 2 is 1.91 bits per heavy atom. The first-order valence-electron chi connectivity index (χ1n) is 7.19. The number of carboxylic acid groups (broad SMARTS) is 1. The number of sulfone groups is 1. The lowest BCUT2D eigenvalue weighted by molar-refractivity contribution is -0.147. The predicted molar refractivity (Wildman–Crippen MR) is 85.0 cm³/mol. The normalized spacial score (nSPS) is 21.9. The van der Waals surface area contributed by atoms with E-state index in [1.54, 1.807) is 6.92 Å². The van der Waals surface area contributed by atoms with Gasteiger partial charge in [0.2, 0.25) is 5.91 Å². The molecule has 1 heterocycles. The van der Waals surface area contributed by atoms with Gasteiger partial charge in [0.25, 0.3) is 0 Å². The zero-order valence-electron chi connectivity index (χ0n) is 12.6. The monoisotopic (exact) mass is 359 g/mol. The molecule has 1 aromatic rings. The molecule has 2 atom stereocenters. The summed E-state index contributed by atoms with van der Waals surface area (Å²) in [6, 6.07) is 5.65. The third-order valence-electron chi connectivity index (χ3n) is 4.06. The van der Waals surface area contributed by atoms with Crippen LogP contribution in [0.5, 0.6) is 0 Å². The smallest absolute Gasteiger partial charge is 0.306 e. The topological polar surface area (TPSA) is 91.8 Å². The van der Waals surface area contributed by atoms with E-state index in [4.69, 9.17) is 16.7 Å². The molecule has 1 aliphatic rings. The zero-order valence-corrected chi connectivity index (χ0v) is 14.2. The first-order valence-corrected chi connectivity index (χ1v) is 9.22. The summed E-state index contributed by atoms with van der Waals surface area (Å²) >= 11 is 5.73. The molecule has 0 aliphatic carbocycles. The van der Waals surface area contributed by atoms with Crippen molar-refractivity contribution in [1.29, 1.82) is 0 Å². The lowest BCUT2D eigenvalue weighted by Crippen LogP contribution is -2.46. The van der Waals surface area contributed by atoms with E-state index in [9.17, 15) is 18.0 Å². The van der Waals surface area contributed by atoms with Gasteiger partial charge in [-0.05, 0) is 36.6 Å². The van der Waals surface area contributed by atoms with Crippen molar-refractivity contribution in [1.82, 2.24) is 4.90 Å². The Morgan fingerprint density at radius 1 is 1.30 bits per heavy atom. The molecule has 126 valence electrons. The number of carboxylic acids is 1. The van der Waals surface area contributed by atoms with Crippen LogP contribution in [0.1, 0.15) is 13.3 Å². The quantitative estimate of drug-likeness (QED) is 0.883. The van der Waals surface area contributed by atoms with Gasteiger partial charge < -0.3 is 10.0 Å². The van der Waals surface area contributed by atoms with E-state index in [-0.39, 0.29) is 23.9 Å². The van der Waals surface area contributed by atoms with Crippen molar-refractivity contribution < 1.29 is 23.1 Å². The second kappa shape index (κ2) is 6.88. The summed E-state index contributed by atoms with van der Waals surface area (Å²) in [5.74, 6) is -2.71. The number of carbonyl (C=O) groups is 2. The van der Waals surface area contributed by atoms with Crippen LogP contribution in [0, 0.1) is 11.8 Å². The molecule has 1 N–H and O–H groups in total. The van der Waals surface area contributed by atoms with Gasteiger partial charge >= 0.3 is 5.97 Å². The SMILES string of the molecule is CC1CN(C(=O)CS(=O)(=O)c2ccc(Cl)cc2)CCC1C(=O)O. The van der Waals surface area contributed by atoms with Crippen LogP contribution < -0.4 is 0 Å². The van der Waals surface area contributed by atoms with E-state index >= 15 is 0 Å². The first-order chi connectivity index (χ1) is 10.7. The van der Waals surface area contributed by atoms with Crippen molar-refractivity contribution in [2.45, 2.75) is 18.2 Å². The highest BCUT2D eigenvalue weighted by Crippen LogP contribution is 2.24. The summed E-state index contributed by atoms with van der Waals surface area (Å²) in [7, 11) is -3.74. The average molecular weight is 360 g/mol. The minimum atomic E-state index is -3.74. The van der Waals surface area contributed by atoms with Gasteiger partial charge in [-0.15, -0.1) is 0 Å². The van der Waals surface area contributed by atoms with Crippen LogP contribution in [0.4, 0.5) is 0 Å². The molecule has 0 saturated carbocycles. The van der Waals surface area contributed by atoms with Crippen LogP contribution in [-0.4, -0.2) is 49.1 Å². The number of hydrogen-bond acceptors (Lipinski definition) is 4. The Hall–Kier alpha value is -1.60. The van der Waals surface area contributed by atoms with Crippen molar-refractivity contribution in [3.8, 4) is 0 Å². The summed E-state index contributed by atoms with van der Waals surface area (Å²) in [6.45, 7) is 2.27. The molecule has 2 rings (SSSR count). The van der Waals surface area contributed by atoms with Gasteiger partial charge in [0, 0.05) is 18.1 Å². The maximum atomic E-state index is 12.3. The molecule has 1 amide bonds. The van der Waals surface area contributed by atoms with Crippen molar-refractivity contribution in [2.24, 2.45) is 11.8 Å². The van der Waals surface area contributed by atoms with Crippen LogP contribution in [0.25, 0.3) is 0 Å². The number of benzene rings is 1. The average Bonchev–Trinajstić information content (AvgIpc) is 2.46. The number of carbonyl (C=O) groups excluding carboxylic acids is 1. The fourth-order valence-electron chi connectivity index (χ4n) is 2.72. The number of likely N-dealkylation sites (tertiary alicyclic amines) is 1. The Bertz CT molecular complexity index is 701. The van der Waals surface area contributed by atoms with Gasteiger partial charge in [-0.1, -0.05) is 18.5 Å². The number of hydrogen-bond donors (Lipinski definition) is 1. The van der Waals surface area contributed by atoms with Gasteiger partial charge in [0.05, 0.1) is 10.8 Å². The largest absolute Gasteiger partial charge is 0.481 e. The first kappa shape index (κ1) is 17.7. The van der Waals surface area contributed by atoms with Crippen molar-refractivity contribution in [3.05, 3.63) is 29.3 Å². The number of aliphatic carboxylic acids is 1. The third kappa shape index (κ3) is 4.23. The van der Waals surface area contributed by atoms with Crippen molar-refractivity contribution in [2.75, 3.05) is 18.8 Å². The second-order valence-electron chi connectivity index (χ2n) is 5.76.